The molecule has 0 bridgehead atoms. The second kappa shape index (κ2) is 11.3. The quantitative estimate of drug-likeness (QED) is 0.531. The molecule has 6 heteroatoms. The molecule has 2 aromatic rings. The Kier molecular flexibility index (Phi) is 8.46. The second-order valence-corrected chi connectivity index (χ2v) is 8.72. The smallest absolute Gasteiger partial charge is 0.242 e. The largest absolute Gasteiger partial charge is 0.385 e. The van der Waals surface area contributed by atoms with Crippen LogP contribution in [0, 0.1) is 0 Å². The van der Waals surface area contributed by atoms with Crippen molar-refractivity contribution in [2.45, 2.75) is 45.1 Å². The highest BCUT2D eigenvalue weighted by atomic mass is 32.1. The van der Waals surface area contributed by atoms with Crippen molar-refractivity contribution in [3.05, 3.63) is 57.8 Å². The minimum absolute atomic E-state index is 0.0166. The zero-order valence-corrected chi connectivity index (χ0v) is 18.8. The van der Waals surface area contributed by atoms with Gasteiger partial charge < -0.3 is 14.5 Å². The van der Waals surface area contributed by atoms with Crippen LogP contribution in [0.15, 0.2) is 41.8 Å². The molecule has 0 aliphatic carbocycles. The summed E-state index contributed by atoms with van der Waals surface area (Å²) < 4.78 is 5.15. The minimum atomic E-state index is -0.0831. The number of ether oxygens (including phenoxy) is 1. The summed E-state index contributed by atoms with van der Waals surface area (Å²) in [6, 6.07) is 12.3. The van der Waals surface area contributed by atoms with Gasteiger partial charge in [-0.05, 0) is 41.8 Å². The standard InChI is InChI=1S/C24H32N2O3S/c1-3-4-11-22(27)25(14-8-16-29-2)18-23(28)26-15-12-21-20(13-17-30-21)24(26)19-9-6-5-7-10-19/h5-7,9-10,13,17,24H,3-4,8,11-12,14-16,18H2,1-2H3. The SMILES string of the molecule is CCCCC(=O)N(CCCOC)CC(=O)N1CCc2sccc2C1c1ccccc1. The van der Waals surface area contributed by atoms with Crippen LogP contribution in [0.1, 0.15) is 54.7 Å². The molecule has 0 N–H and O–H groups in total. The fourth-order valence-corrected chi connectivity index (χ4v) is 4.92. The lowest BCUT2D eigenvalue weighted by Gasteiger charge is -2.37. The van der Waals surface area contributed by atoms with Crippen LogP contribution in [0.5, 0.6) is 0 Å². The van der Waals surface area contributed by atoms with Crippen LogP contribution in [0.3, 0.4) is 0 Å². The Morgan fingerprint density at radius 1 is 1.20 bits per heavy atom. The molecule has 1 atom stereocenters. The number of carbonyl (C=O) groups excluding carboxylic acids is 2. The molecular weight excluding hydrogens is 396 g/mol. The van der Waals surface area contributed by atoms with Crippen molar-refractivity contribution in [1.29, 1.82) is 0 Å². The summed E-state index contributed by atoms with van der Waals surface area (Å²) in [4.78, 5) is 31.2. The van der Waals surface area contributed by atoms with Crippen LogP contribution >= 0.6 is 11.3 Å². The molecule has 5 nitrogen and oxygen atoms in total. The van der Waals surface area contributed by atoms with Gasteiger partial charge in [-0.25, -0.2) is 0 Å². The maximum atomic E-state index is 13.4. The Balaban J connectivity index is 1.79. The molecule has 0 spiro atoms. The van der Waals surface area contributed by atoms with Gasteiger partial charge in [-0.15, -0.1) is 11.3 Å². The van der Waals surface area contributed by atoms with E-state index in [0.717, 1.165) is 31.2 Å². The number of amides is 2. The molecule has 1 unspecified atom stereocenters. The summed E-state index contributed by atoms with van der Waals surface area (Å²) >= 11 is 1.76. The van der Waals surface area contributed by atoms with Crippen LogP contribution in [0.4, 0.5) is 0 Å². The number of thiophene rings is 1. The number of methoxy groups -OCH3 is 1. The molecule has 1 aromatic carbocycles. The number of unbranched alkanes of at least 4 members (excludes halogenated alkanes) is 1. The fraction of sp³-hybridized carbons (Fsp3) is 0.500. The number of nitrogens with zero attached hydrogens (tertiary/aromatic N) is 2. The average molecular weight is 429 g/mol. The highest BCUT2D eigenvalue weighted by Crippen LogP contribution is 2.37. The number of hydrogen-bond acceptors (Lipinski definition) is 4. The monoisotopic (exact) mass is 428 g/mol. The van der Waals surface area contributed by atoms with Gasteiger partial charge in [0.05, 0.1) is 12.6 Å². The third-order valence-corrected chi connectivity index (χ3v) is 6.60. The van der Waals surface area contributed by atoms with E-state index in [1.54, 1.807) is 23.3 Å². The van der Waals surface area contributed by atoms with Crippen molar-refractivity contribution in [2.75, 3.05) is 33.4 Å². The van der Waals surface area contributed by atoms with Crippen molar-refractivity contribution in [2.24, 2.45) is 0 Å². The van der Waals surface area contributed by atoms with Crippen LogP contribution in [-0.4, -0.2) is 55.0 Å². The first-order valence-corrected chi connectivity index (χ1v) is 11.7. The maximum Gasteiger partial charge on any atom is 0.242 e. The van der Waals surface area contributed by atoms with Gasteiger partial charge in [0.1, 0.15) is 0 Å². The van der Waals surface area contributed by atoms with E-state index in [1.807, 2.05) is 23.1 Å². The van der Waals surface area contributed by atoms with E-state index in [-0.39, 0.29) is 24.4 Å². The van der Waals surface area contributed by atoms with Gasteiger partial charge in [-0.1, -0.05) is 43.7 Å². The van der Waals surface area contributed by atoms with E-state index in [2.05, 4.69) is 30.5 Å². The van der Waals surface area contributed by atoms with E-state index >= 15 is 0 Å². The summed E-state index contributed by atoms with van der Waals surface area (Å²) in [5, 5.41) is 2.11. The molecule has 30 heavy (non-hydrogen) atoms. The van der Waals surface area contributed by atoms with Crippen LogP contribution < -0.4 is 0 Å². The van der Waals surface area contributed by atoms with E-state index < -0.39 is 0 Å². The van der Waals surface area contributed by atoms with Gasteiger partial charge in [0.25, 0.3) is 0 Å². The first-order valence-electron chi connectivity index (χ1n) is 10.8. The summed E-state index contributed by atoms with van der Waals surface area (Å²) in [7, 11) is 1.66. The molecule has 1 aromatic heterocycles. The number of rotatable bonds is 10. The number of hydrogen-bond donors (Lipinski definition) is 0. The van der Waals surface area contributed by atoms with E-state index in [1.165, 1.54) is 10.4 Å². The summed E-state index contributed by atoms with van der Waals surface area (Å²) in [6.07, 6.45) is 3.92. The van der Waals surface area contributed by atoms with Crippen molar-refractivity contribution in [3.63, 3.8) is 0 Å². The summed E-state index contributed by atoms with van der Waals surface area (Å²) in [5.41, 5.74) is 2.34. The van der Waals surface area contributed by atoms with E-state index in [4.69, 9.17) is 4.74 Å². The van der Waals surface area contributed by atoms with Crippen LogP contribution in [0.2, 0.25) is 0 Å². The lowest BCUT2D eigenvalue weighted by atomic mass is 9.93. The third kappa shape index (κ3) is 5.49. The molecule has 0 saturated heterocycles. The van der Waals surface area contributed by atoms with Crippen molar-refractivity contribution in [3.8, 4) is 0 Å². The molecule has 2 heterocycles. The number of benzene rings is 1. The van der Waals surface area contributed by atoms with Gasteiger partial charge in [0.2, 0.25) is 11.8 Å². The first kappa shape index (κ1) is 22.5. The zero-order chi connectivity index (χ0) is 21.3. The van der Waals surface area contributed by atoms with Gasteiger partial charge in [0.15, 0.2) is 0 Å². The predicted molar refractivity (Wildman–Crippen MR) is 121 cm³/mol. The van der Waals surface area contributed by atoms with Gasteiger partial charge >= 0.3 is 0 Å². The molecule has 1 aliphatic rings. The normalized spacial score (nSPS) is 15.7. The van der Waals surface area contributed by atoms with Crippen LogP contribution in [0.25, 0.3) is 0 Å². The molecule has 1 aliphatic heterocycles. The zero-order valence-electron chi connectivity index (χ0n) is 18.0. The third-order valence-electron chi connectivity index (χ3n) is 5.60. The molecule has 0 radical (unpaired) electrons. The second-order valence-electron chi connectivity index (χ2n) is 7.71. The van der Waals surface area contributed by atoms with Gasteiger partial charge in [-0.3, -0.25) is 9.59 Å². The Morgan fingerprint density at radius 2 is 2.00 bits per heavy atom. The minimum Gasteiger partial charge on any atom is -0.385 e. The predicted octanol–water partition coefficient (Wildman–Crippen LogP) is 4.28. The van der Waals surface area contributed by atoms with E-state index in [0.29, 0.717) is 26.1 Å². The first-order chi connectivity index (χ1) is 14.7. The summed E-state index contributed by atoms with van der Waals surface area (Å²) in [6.45, 7) is 4.02. The van der Waals surface area contributed by atoms with E-state index in [9.17, 15) is 9.59 Å². The highest BCUT2D eigenvalue weighted by molar-refractivity contribution is 7.10. The molecular formula is C24H32N2O3S. The van der Waals surface area contributed by atoms with Crippen molar-refractivity contribution < 1.29 is 14.3 Å². The number of carbonyl (C=O) groups is 2. The maximum absolute atomic E-state index is 13.4. The number of fused-ring (bicyclic) bond motifs is 1. The Hall–Kier alpha value is -2.18. The van der Waals surface area contributed by atoms with Crippen molar-refractivity contribution in [1.82, 2.24) is 9.80 Å². The Morgan fingerprint density at radius 3 is 2.73 bits per heavy atom. The topological polar surface area (TPSA) is 49.9 Å². The van der Waals surface area contributed by atoms with Crippen molar-refractivity contribution >= 4 is 23.2 Å². The molecule has 0 fully saturated rings. The molecule has 0 saturated carbocycles. The molecule has 162 valence electrons. The molecule has 3 rings (SSSR count). The average Bonchev–Trinajstić information content (AvgIpc) is 3.25. The Labute approximate surface area is 183 Å². The van der Waals surface area contributed by atoms with Gasteiger partial charge in [-0.2, -0.15) is 0 Å². The Bertz CT molecular complexity index is 821. The summed E-state index contributed by atoms with van der Waals surface area (Å²) in [5.74, 6) is 0.0776. The van der Waals surface area contributed by atoms with Gasteiger partial charge in [0, 0.05) is 38.1 Å². The molecule has 2 amide bonds. The fourth-order valence-electron chi connectivity index (χ4n) is 4.01. The lowest BCUT2D eigenvalue weighted by molar-refractivity contribution is -0.142. The lowest BCUT2D eigenvalue weighted by Crippen LogP contribution is -2.47. The highest BCUT2D eigenvalue weighted by Gasteiger charge is 2.33. The van der Waals surface area contributed by atoms with Crippen LogP contribution in [-0.2, 0) is 20.7 Å².